The van der Waals surface area contributed by atoms with Gasteiger partial charge < -0.3 is 15.2 Å². The summed E-state index contributed by atoms with van der Waals surface area (Å²) < 4.78 is 18.3. The number of carboxylic acid groups (broad SMARTS) is 1. The minimum absolute atomic E-state index is 0.0432. The van der Waals surface area contributed by atoms with Crippen LogP contribution in [0.1, 0.15) is 20.3 Å². The molecule has 1 aromatic carbocycles. The molecular formula is C14H18FNO4. The molecule has 1 atom stereocenters. The van der Waals surface area contributed by atoms with Crippen LogP contribution in [0.15, 0.2) is 24.3 Å². The monoisotopic (exact) mass is 283 g/mol. The fourth-order valence-electron chi connectivity index (χ4n) is 1.63. The van der Waals surface area contributed by atoms with Crippen molar-refractivity contribution in [1.29, 1.82) is 0 Å². The number of carboxylic acids is 1. The molecule has 2 N–H and O–H groups in total. The molecule has 110 valence electrons. The van der Waals surface area contributed by atoms with Gasteiger partial charge in [-0.1, -0.05) is 26.0 Å². The topological polar surface area (TPSA) is 75.6 Å². The second-order valence-electron chi connectivity index (χ2n) is 4.81. The van der Waals surface area contributed by atoms with Crippen LogP contribution in [0.3, 0.4) is 0 Å². The number of benzene rings is 1. The Kier molecular flexibility index (Phi) is 5.96. The maximum absolute atomic E-state index is 13.3. The second kappa shape index (κ2) is 7.47. The van der Waals surface area contributed by atoms with Crippen molar-refractivity contribution in [2.45, 2.75) is 26.3 Å². The van der Waals surface area contributed by atoms with E-state index >= 15 is 0 Å². The van der Waals surface area contributed by atoms with Crippen molar-refractivity contribution in [2.24, 2.45) is 5.92 Å². The van der Waals surface area contributed by atoms with Gasteiger partial charge in [-0.2, -0.15) is 0 Å². The first-order valence-corrected chi connectivity index (χ1v) is 6.29. The van der Waals surface area contributed by atoms with E-state index in [1.54, 1.807) is 6.07 Å². The maximum atomic E-state index is 13.3. The zero-order valence-corrected chi connectivity index (χ0v) is 11.4. The average Bonchev–Trinajstić information content (AvgIpc) is 2.36. The van der Waals surface area contributed by atoms with Crippen molar-refractivity contribution < 1.29 is 23.8 Å². The molecule has 5 nitrogen and oxygen atoms in total. The molecule has 0 radical (unpaired) electrons. The third-order valence-electron chi connectivity index (χ3n) is 2.54. The van der Waals surface area contributed by atoms with Gasteiger partial charge in [0.25, 0.3) is 5.91 Å². The van der Waals surface area contributed by atoms with Crippen molar-refractivity contribution in [3.8, 4) is 5.75 Å². The number of amides is 1. The SMILES string of the molecule is CC(C)C[C@@H](NC(=O)COc1ccccc1F)C(=O)O. The molecule has 0 heterocycles. The number of para-hydroxylation sites is 1. The second-order valence-corrected chi connectivity index (χ2v) is 4.81. The smallest absolute Gasteiger partial charge is 0.326 e. The molecule has 0 saturated heterocycles. The minimum atomic E-state index is -1.10. The van der Waals surface area contributed by atoms with Crippen LogP contribution < -0.4 is 10.1 Å². The number of aliphatic carboxylic acids is 1. The van der Waals surface area contributed by atoms with Gasteiger partial charge in [0.15, 0.2) is 18.2 Å². The van der Waals surface area contributed by atoms with Gasteiger partial charge in [0, 0.05) is 0 Å². The van der Waals surface area contributed by atoms with Crippen molar-refractivity contribution in [1.82, 2.24) is 5.32 Å². The number of ether oxygens (including phenoxy) is 1. The van der Waals surface area contributed by atoms with E-state index in [0.717, 1.165) is 0 Å². The highest BCUT2D eigenvalue weighted by Gasteiger charge is 2.21. The van der Waals surface area contributed by atoms with Crippen LogP contribution >= 0.6 is 0 Å². The van der Waals surface area contributed by atoms with Crippen molar-refractivity contribution in [3.05, 3.63) is 30.1 Å². The molecule has 0 saturated carbocycles. The molecule has 1 amide bonds. The van der Waals surface area contributed by atoms with E-state index in [0.29, 0.717) is 6.42 Å². The van der Waals surface area contributed by atoms with Crippen molar-refractivity contribution >= 4 is 11.9 Å². The lowest BCUT2D eigenvalue weighted by Crippen LogP contribution is -2.43. The molecule has 1 rings (SSSR count). The highest BCUT2D eigenvalue weighted by molar-refractivity contribution is 5.84. The Morgan fingerprint density at radius 2 is 2.00 bits per heavy atom. The Balaban J connectivity index is 2.50. The first-order valence-electron chi connectivity index (χ1n) is 6.29. The zero-order chi connectivity index (χ0) is 15.1. The molecule has 0 aliphatic heterocycles. The number of hydrogen-bond donors (Lipinski definition) is 2. The Labute approximate surface area is 116 Å². The summed E-state index contributed by atoms with van der Waals surface area (Å²) in [5.74, 6) is -2.18. The van der Waals surface area contributed by atoms with E-state index in [-0.39, 0.29) is 11.7 Å². The first-order chi connectivity index (χ1) is 9.40. The summed E-state index contributed by atoms with van der Waals surface area (Å²) in [7, 11) is 0. The number of hydrogen-bond acceptors (Lipinski definition) is 3. The van der Waals surface area contributed by atoms with Crippen LogP contribution in [-0.4, -0.2) is 29.6 Å². The van der Waals surface area contributed by atoms with Gasteiger partial charge in [-0.25, -0.2) is 9.18 Å². The third kappa shape index (κ3) is 5.26. The van der Waals surface area contributed by atoms with Crippen LogP contribution in [0.5, 0.6) is 5.75 Å². The summed E-state index contributed by atoms with van der Waals surface area (Å²) in [6.45, 7) is 3.29. The Hall–Kier alpha value is -2.11. The fraction of sp³-hybridized carbons (Fsp3) is 0.429. The molecule has 0 unspecified atom stereocenters. The largest absolute Gasteiger partial charge is 0.481 e. The van der Waals surface area contributed by atoms with E-state index in [4.69, 9.17) is 9.84 Å². The summed E-state index contributed by atoms with van der Waals surface area (Å²) in [6, 6.07) is 4.73. The lowest BCUT2D eigenvalue weighted by Gasteiger charge is -2.16. The van der Waals surface area contributed by atoms with E-state index in [1.807, 2.05) is 13.8 Å². The lowest BCUT2D eigenvalue weighted by molar-refractivity contribution is -0.142. The first kappa shape index (κ1) is 15.9. The van der Waals surface area contributed by atoms with E-state index in [9.17, 15) is 14.0 Å². The number of nitrogens with one attached hydrogen (secondary N) is 1. The Morgan fingerprint density at radius 3 is 2.55 bits per heavy atom. The molecule has 6 heteroatoms. The van der Waals surface area contributed by atoms with Crippen molar-refractivity contribution in [3.63, 3.8) is 0 Å². The molecule has 0 aliphatic carbocycles. The summed E-state index contributed by atoms with van der Waals surface area (Å²) in [5.41, 5.74) is 0. The summed E-state index contributed by atoms with van der Waals surface area (Å²) in [6.07, 6.45) is 0.320. The molecule has 0 aromatic heterocycles. The van der Waals surface area contributed by atoms with Gasteiger partial charge in [-0.05, 0) is 24.5 Å². The lowest BCUT2D eigenvalue weighted by atomic mass is 10.0. The third-order valence-corrected chi connectivity index (χ3v) is 2.54. The summed E-state index contributed by atoms with van der Waals surface area (Å²) in [5, 5.41) is 11.3. The molecule has 20 heavy (non-hydrogen) atoms. The van der Waals surface area contributed by atoms with Crippen LogP contribution in [0.4, 0.5) is 4.39 Å². The van der Waals surface area contributed by atoms with E-state index in [2.05, 4.69) is 5.32 Å². The molecule has 1 aromatic rings. The molecule has 0 fully saturated rings. The number of carbonyl (C=O) groups is 2. The molecular weight excluding hydrogens is 265 g/mol. The van der Waals surface area contributed by atoms with Crippen LogP contribution in [0, 0.1) is 11.7 Å². The predicted octanol–water partition coefficient (Wildman–Crippen LogP) is 1.82. The molecule has 0 aliphatic rings. The summed E-state index contributed by atoms with van der Waals surface area (Å²) >= 11 is 0. The van der Waals surface area contributed by atoms with Crippen LogP contribution in [0.25, 0.3) is 0 Å². The summed E-state index contributed by atoms with van der Waals surface area (Å²) in [4.78, 5) is 22.6. The highest BCUT2D eigenvalue weighted by atomic mass is 19.1. The van der Waals surface area contributed by atoms with Gasteiger partial charge in [0.1, 0.15) is 6.04 Å². The van der Waals surface area contributed by atoms with Gasteiger partial charge in [0.2, 0.25) is 0 Å². The number of rotatable bonds is 7. The highest BCUT2D eigenvalue weighted by Crippen LogP contribution is 2.15. The Bertz CT molecular complexity index is 476. The normalized spacial score (nSPS) is 12.0. The number of halogens is 1. The van der Waals surface area contributed by atoms with Crippen LogP contribution in [0.2, 0.25) is 0 Å². The molecule has 0 spiro atoms. The van der Waals surface area contributed by atoms with Gasteiger partial charge in [0.05, 0.1) is 0 Å². The van der Waals surface area contributed by atoms with Gasteiger partial charge in [-0.15, -0.1) is 0 Å². The maximum Gasteiger partial charge on any atom is 0.326 e. The number of carbonyl (C=O) groups excluding carboxylic acids is 1. The quantitative estimate of drug-likeness (QED) is 0.800. The predicted molar refractivity (Wildman–Crippen MR) is 70.9 cm³/mol. The van der Waals surface area contributed by atoms with Crippen molar-refractivity contribution in [2.75, 3.05) is 6.61 Å². The van der Waals surface area contributed by atoms with Gasteiger partial charge >= 0.3 is 5.97 Å². The van der Waals surface area contributed by atoms with Crippen LogP contribution in [-0.2, 0) is 9.59 Å². The fourth-order valence-corrected chi connectivity index (χ4v) is 1.63. The van der Waals surface area contributed by atoms with Gasteiger partial charge in [-0.3, -0.25) is 4.79 Å². The molecule has 0 bridgehead atoms. The van der Waals surface area contributed by atoms with E-state index < -0.39 is 30.3 Å². The van der Waals surface area contributed by atoms with E-state index in [1.165, 1.54) is 18.2 Å². The average molecular weight is 283 g/mol. The standard InChI is InChI=1S/C14H18FNO4/c1-9(2)7-11(14(18)19)16-13(17)8-20-12-6-4-3-5-10(12)15/h3-6,9,11H,7-8H2,1-2H3,(H,16,17)(H,18,19)/t11-/m1/s1. The minimum Gasteiger partial charge on any atom is -0.481 e. The Morgan fingerprint density at radius 1 is 1.35 bits per heavy atom. The zero-order valence-electron chi connectivity index (χ0n) is 11.4.